The number of aryl methyl sites for hydroxylation is 2. The molecule has 34 heavy (non-hydrogen) atoms. The molecule has 0 aromatic heterocycles. The Bertz CT molecular complexity index is 1250. The Hall–Kier alpha value is -3.04. The van der Waals surface area contributed by atoms with Gasteiger partial charge in [-0.15, -0.1) is 0 Å². The van der Waals surface area contributed by atoms with Crippen molar-refractivity contribution in [2.45, 2.75) is 50.8 Å². The minimum atomic E-state index is -3.62. The third-order valence-corrected chi connectivity index (χ3v) is 8.36. The summed E-state index contributed by atoms with van der Waals surface area (Å²) >= 11 is 0. The Morgan fingerprint density at radius 3 is 2.38 bits per heavy atom. The summed E-state index contributed by atoms with van der Waals surface area (Å²) < 4.78 is 27.7. The Morgan fingerprint density at radius 2 is 1.65 bits per heavy atom. The van der Waals surface area contributed by atoms with E-state index in [1.165, 1.54) is 15.3 Å². The van der Waals surface area contributed by atoms with Crippen LogP contribution in [0, 0.1) is 13.8 Å². The first-order chi connectivity index (χ1) is 16.2. The second-order valence-corrected chi connectivity index (χ2v) is 10.8. The SMILES string of the molecule is Cc1ccc2c(c1)C(=O)N(CCCC(=O)Nc1ccc(C)c(S(=O)(=O)N3CCCCC3)c1)C2=O. The smallest absolute Gasteiger partial charge is 0.261 e. The van der Waals surface area contributed by atoms with Crippen molar-refractivity contribution in [3.05, 3.63) is 58.7 Å². The Balaban J connectivity index is 1.36. The van der Waals surface area contributed by atoms with Gasteiger partial charge in [-0.05, 0) is 62.9 Å². The van der Waals surface area contributed by atoms with Crippen LogP contribution < -0.4 is 5.32 Å². The van der Waals surface area contributed by atoms with Gasteiger partial charge in [0.05, 0.1) is 16.0 Å². The van der Waals surface area contributed by atoms with Gasteiger partial charge in [0.25, 0.3) is 11.8 Å². The predicted molar refractivity (Wildman–Crippen MR) is 128 cm³/mol. The lowest BCUT2D eigenvalue weighted by molar-refractivity contribution is -0.116. The first kappa shape index (κ1) is 24.1. The van der Waals surface area contributed by atoms with Crippen molar-refractivity contribution in [3.63, 3.8) is 0 Å². The summed E-state index contributed by atoms with van der Waals surface area (Å²) in [6, 6.07) is 10.0. The number of amides is 3. The van der Waals surface area contributed by atoms with Crippen LogP contribution in [0.15, 0.2) is 41.3 Å². The van der Waals surface area contributed by atoms with Crippen molar-refractivity contribution in [1.29, 1.82) is 0 Å². The summed E-state index contributed by atoms with van der Waals surface area (Å²) in [6.45, 7) is 4.76. The predicted octanol–water partition coefficient (Wildman–Crippen LogP) is 3.49. The highest BCUT2D eigenvalue weighted by Crippen LogP contribution is 2.27. The van der Waals surface area contributed by atoms with E-state index < -0.39 is 10.0 Å². The molecule has 1 N–H and O–H groups in total. The van der Waals surface area contributed by atoms with E-state index in [2.05, 4.69) is 5.32 Å². The first-order valence-electron chi connectivity index (χ1n) is 11.6. The second kappa shape index (κ2) is 9.68. The van der Waals surface area contributed by atoms with E-state index in [1.807, 2.05) is 6.92 Å². The van der Waals surface area contributed by atoms with E-state index in [-0.39, 0.29) is 35.6 Å². The van der Waals surface area contributed by atoms with Gasteiger partial charge in [0.1, 0.15) is 0 Å². The van der Waals surface area contributed by atoms with Gasteiger partial charge < -0.3 is 5.32 Å². The molecule has 0 spiro atoms. The zero-order valence-corrected chi connectivity index (χ0v) is 20.3. The maximum absolute atomic E-state index is 13.1. The van der Waals surface area contributed by atoms with Crippen molar-refractivity contribution >= 4 is 33.4 Å². The third-order valence-electron chi connectivity index (χ3n) is 6.32. The summed E-state index contributed by atoms with van der Waals surface area (Å²) in [4.78, 5) is 39.0. The highest BCUT2D eigenvalue weighted by Gasteiger charge is 2.35. The summed E-state index contributed by atoms with van der Waals surface area (Å²) in [7, 11) is -3.62. The van der Waals surface area contributed by atoms with Gasteiger partial charge in [-0.25, -0.2) is 8.42 Å². The van der Waals surface area contributed by atoms with Gasteiger partial charge in [-0.1, -0.05) is 24.1 Å². The van der Waals surface area contributed by atoms with Crippen LogP contribution in [0.3, 0.4) is 0 Å². The summed E-state index contributed by atoms with van der Waals surface area (Å²) in [5.74, 6) is -0.987. The van der Waals surface area contributed by atoms with Gasteiger partial charge >= 0.3 is 0 Å². The zero-order valence-electron chi connectivity index (χ0n) is 19.5. The average molecular weight is 484 g/mol. The minimum absolute atomic E-state index is 0.0918. The van der Waals surface area contributed by atoms with Crippen LogP contribution in [-0.2, 0) is 14.8 Å². The first-order valence-corrected chi connectivity index (χ1v) is 13.0. The molecule has 0 bridgehead atoms. The van der Waals surface area contributed by atoms with Crippen LogP contribution in [0.1, 0.15) is 63.9 Å². The van der Waals surface area contributed by atoms with Crippen LogP contribution in [0.2, 0.25) is 0 Å². The van der Waals surface area contributed by atoms with E-state index in [0.29, 0.717) is 41.9 Å². The van der Waals surface area contributed by atoms with Crippen molar-refractivity contribution < 1.29 is 22.8 Å². The largest absolute Gasteiger partial charge is 0.326 e. The number of fused-ring (bicyclic) bond motifs is 1. The highest BCUT2D eigenvalue weighted by molar-refractivity contribution is 7.89. The number of piperidine rings is 1. The maximum Gasteiger partial charge on any atom is 0.261 e. The van der Waals surface area contributed by atoms with Crippen molar-refractivity contribution in [3.8, 4) is 0 Å². The van der Waals surface area contributed by atoms with Crippen LogP contribution in [0.4, 0.5) is 5.69 Å². The van der Waals surface area contributed by atoms with Crippen LogP contribution >= 0.6 is 0 Å². The number of rotatable bonds is 7. The van der Waals surface area contributed by atoms with Gasteiger partial charge in [0, 0.05) is 31.7 Å². The monoisotopic (exact) mass is 483 g/mol. The number of imide groups is 1. The average Bonchev–Trinajstić information content (AvgIpc) is 3.05. The molecule has 0 radical (unpaired) electrons. The molecule has 1 fully saturated rings. The summed E-state index contributed by atoms with van der Waals surface area (Å²) in [6.07, 6.45) is 3.12. The van der Waals surface area contributed by atoms with E-state index in [4.69, 9.17) is 0 Å². The molecule has 3 amide bonds. The van der Waals surface area contributed by atoms with E-state index >= 15 is 0 Å². The molecular weight excluding hydrogens is 454 g/mol. The second-order valence-electron chi connectivity index (χ2n) is 8.91. The summed E-state index contributed by atoms with van der Waals surface area (Å²) in [5.41, 5.74) is 2.73. The molecule has 0 atom stereocenters. The van der Waals surface area contributed by atoms with Gasteiger partial charge in [-0.2, -0.15) is 4.31 Å². The van der Waals surface area contributed by atoms with Crippen molar-refractivity contribution in [2.75, 3.05) is 25.0 Å². The molecule has 8 nitrogen and oxygen atoms in total. The van der Waals surface area contributed by atoms with Crippen LogP contribution in [0.5, 0.6) is 0 Å². The summed E-state index contributed by atoms with van der Waals surface area (Å²) in [5, 5.41) is 2.75. The molecular formula is C25H29N3O5S. The number of nitrogens with one attached hydrogen (secondary N) is 1. The Kier molecular flexibility index (Phi) is 6.86. The molecule has 1 saturated heterocycles. The lowest BCUT2D eigenvalue weighted by Crippen LogP contribution is -2.36. The molecule has 0 unspecified atom stereocenters. The number of hydrogen-bond donors (Lipinski definition) is 1. The standard InChI is InChI=1S/C25H29N3O5S/c1-17-8-11-20-21(15-17)25(31)28(24(20)30)14-6-7-23(29)26-19-10-9-18(2)22(16-19)34(32,33)27-12-4-3-5-13-27/h8-11,15-16H,3-7,12-14H2,1-2H3,(H,26,29). The van der Waals surface area contributed by atoms with Crippen molar-refractivity contribution in [2.24, 2.45) is 0 Å². The molecule has 4 rings (SSSR count). The quantitative estimate of drug-likeness (QED) is 0.607. The van der Waals surface area contributed by atoms with E-state index in [0.717, 1.165) is 24.8 Å². The molecule has 2 aliphatic heterocycles. The molecule has 0 saturated carbocycles. The number of benzene rings is 2. The number of anilines is 1. The van der Waals surface area contributed by atoms with Gasteiger partial charge in [-0.3, -0.25) is 19.3 Å². The molecule has 9 heteroatoms. The molecule has 0 aliphatic carbocycles. The lowest BCUT2D eigenvalue weighted by atomic mass is 10.1. The zero-order chi connectivity index (χ0) is 24.5. The number of nitrogens with zero attached hydrogens (tertiary/aromatic N) is 2. The molecule has 2 aromatic rings. The topological polar surface area (TPSA) is 104 Å². The Morgan fingerprint density at radius 1 is 0.941 bits per heavy atom. The normalized spacial score (nSPS) is 16.6. The van der Waals surface area contributed by atoms with E-state index in [1.54, 1.807) is 37.3 Å². The molecule has 2 aromatic carbocycles. The maximum atomic E-state index is 13.1. The number of carbonyl (C=O) groups is 3. The van der Waals surface area contributed by atoms with Gasteiger partial charge in [0.2, 0.25) is 15.9 Å². The fraction of sp³-hybridized carbons (Fsp3) is 0.400. The number of sulfonamides is 1. The van der Waals surface area contributed by atoms with Gasteiger partial charge in [0.15, 0.2) is 0 Å². The van der Waals surface area contributed by atoms with Crippen LogP contribution in [0.25, 0.3) is 0 Å². The molecule has 180 valence electrons. The molecule has 2 aliphatic rings. The van der Waals surface area contributed by atoms with Crippen molar-refractivity contribution in [1.82, 2.24) is 9.21 Å². The third kappa shape index (κ3) is 4.76. The van der Waals surface area contributed by atoms with Crippen LogP contribution in [-0.4, -0.2) is 55.0 Å². The number of hydrogen-bond acceptors (Lipinski definition) is 5. The molecule has 2 heterocycles. The Labute approximate surface area is 200 Å². The minimum Gasteiger partial charge on any atom is -0.326 e. The lowest BCUT2D eigenvalue weighted by Gasteiger charge is -2.26. The fourth-order valence-electron chi connectivity index (χ4n) is 4.43. The van der Waals surface area contributed by atoms with E-state index in [9.17, 15) is 22.8 Å². The fourth-order valence-corrected chi connectivity index (χ4v) is 6.20. The highest BCUT2D eigenvalue weighted by atomic mass is 32.2. The number of carbonyl (C=O) groups excluding carboxylic acids is 3.